The van der Waals surface area contributed by atoms with E-state index >= 15 is 0 Å². The number of hydroxylamine groups is 2. The van der Waals surface area contributed by atoms with E-state index in [0.29, 0.717) is 42.0 Å². The normalized spacial score (nSPS) is 29.6. The number of amides is 2. The Bertz CT molecular complexity index is 761. The van der Waals surface area contributed by atoms with Crippen LogP contribution in [0.1, 0.15) is 37.1 Å². The summed E-state index contributed by atoms with van der Waals surface area (Å²) in [4.78, 5) is 13.8. The van der Waals surface area contributed by atoms with E-state index in [-0.39, 0.29) is 6.54 Å². The lowest BCUT2D eigenvalue weighted by molar-refractivity contribution is -0.0317. The molecule has 3 atom stereocenters. The Morgan fingerprint density at radius 3 is 2.88 bits per heavy atom. The summed E-state index contributed by atoms with van der Waals surface area (Å²) in [6.07, 6.45) is 2.82. The van der Waals surface area contributed by atoms with Crippen LogP contribution in [0.5, 0.6) is 0 Å². The molecule has 1 aromatic heterocycles. The maximum atomic E-state index is 12.4. The van der Waals surface area contributed by atoms with E-state index in [2.05, 4.69) is 19.8 Å². The van der Waals surface area contributed by atoms with E-state index in [1.807, 2.05) is 0 Å². The summed E-state index contributed by atoms with van der Waals surface area (Å²) in [5, 5.41) is 12.1. The zero-order chi connectivity index (χ0) is 17.6. The SMILES string of the molecule is O=C1N2C[C@H](CC[C@H]2c2nnc(CC3CCNC3)o2)N1OS(=O)(=O)O. The van der Waals surface area contributed by atoms with Gasteiger partial charge in [0, 0.05) is 13.0 Å². The molecular weight excluding hydrogens is 354 g/mol. The number of carbonyl (C=O) groups excluding carboxylic acids is 1. The number of piperidine rings is 1. The van der Waals surface area contributed by atoms with E-state index in [1.54, 1.807) is 0 Å². The third-order valence-electron chi connectivity index (χ3n) is 4.89. The molecule has 11 nitrogen and oxygen atoms in total. The number of nitrogens with zero attached hydrogens (tertiary/aromatic N) is 4. The molecule has 12 heteroatoms. The third kappa shape index (κ3) is 3.34. The summed E-state index contributed by atoms with van der Waals surface area (Å²) >= 11 is 0. The molecule has 3 saturated heterocycles. The maximum Gasteiger partial charge on any atom is 0.418 e. The van der Waals surface area contributed by atoms with E-state index in [0.717, 1.165) is 19.5 Å². The van der Waals surface area contributed by atoms with Crippen LogP contribution in [0.4, 0.5) is 4.79 Å². The average molecular weight is 373 g/mol. The first-order chi connectivity index (χ1) is 11.9. The molecule has 1 unspecified atom stereocenters. The summed E-state index contributed by atoms with van der Waals surface area (Å²) in [7, 11) is -4.75. The first-order valence-corrected chi connectivity index (χ1v) is 9.57. The number of urea groups is 1. The highest BCUT2D eigenvalue weighted by molar-refractivity contribution is 7.80. The van der Waals surface area contributed by atoms with Crippen molar-refractivity contribution in [2.75, 3.05) is 19.6 Å². The Morgan fingerprint density at radius 2 is 2.16 bits per heavy atom. The molecule has 0 spiro atoms. The molecule has 138 valence electrons. The molecule has 0 aliphatic carbocycles. The van der Waals surface area contributed by atoms with Crippen molar-refractivity contribution in [3.05, 3.63) is 11.8 Å². The molecular formula is C13H19N5O6S. The molecule has 25 heavy (non-hydrogen) atoms. The maximum absolute atomic E-state index is 12.4. The highest BCUT2D eigenvalue weighted by atomic mass is 32.3. The largest absolute Gasteiger partial charge is 0.423 e. The highest BCUT2D eigenvalue weighted by Crippen LogP contribution is 2.38. The number of carbonyl (C=O) groups is 1. The van der Waals surface area contributed by atoms with Gasteiger partial charge in [0.25, 0.3) is 0 Å². The molecule has 4 rings (SSSR count). The average Bonchev–Trinajstić information content (AvgIpc) is 3.26. The van der Waals surface area contributed by atoms with Crippen molar-refractivity contribution in [3.63, 3.8) is 0 Å². The van der Waals surface area contributed by atoms with Gasteiger partial charge in [0.1, 0.15) is 6.04 Å². The predicted octanol–water partition coefficient (Wildman–Crippen LogP) is -0.103. The van der Waals surface area contributed by atoms with Crippen molar-refractivity contribution in [1.29, 1.82) is 0 Å². The Balaban J connectivity index is 1.47. The van der Waals surface area contributed by atoms with Crippen LogP contribution in [0.25, 0.3) is 0 Å². The van der Waals surface area contributed by atoms with Crippen molar-refractivity contribution < 1.29 is 26.5 Å². The summed E-state index contributed by atoms with van der Waals surface area (Å²) in [5.74, 6) is 1.36. The molecule has 0 radical (unpaired) electrons. The van der Waals surface area contributed by atoms with Crippen LogP contribution in [0, 0.1) is 5.92 Å². The van der Waals surface area contributed by atoms with Crippen molar-refractivity contribution >= 4 is 16.4 Å². The summed E-state index contributed by atoms with van der Waals surface area (Å²) in [6.45, 7) is 2.19. The molecule has 3 aliphatic heterocycles. The second-order valence-corrected chi connectivity index (χ2v) is 7.61. The first kappa shape index (κ1) is 16.7. The van der Waals surface area contributed by atoms with Crippen molar-refractivity contribution in [2.45, 2.75) is 37.8 Å². The molecule has 3 aliphatic rings. The number of fused-ring (bicyclic) bond motifs is 2. The van der Waals surface area contributed by atoms with Crippen LogP contribution in [0.3, 0.4) is 0 Å². The third-order valence-corrected chi connectivity index (χ3v) is 5.24. The molecule has 2 bridgehead atoms. The fourth-order valence-electron chi connectivity index (χ4n) is 3.71. The van der Waals surface area contributed by atoms with Gasteiger partial charge in [-0.2, -0.15) is 13.5 Å². The van der Waals surface area contributed by atoms with E-state index < -0.39 is 28.5 Å². The number of aromatic nitrogens is 2. The smallest absolute Gasteiger partial charge is 0.418 e. The quantitative estimate of drug-likeness (QED) is 0.677. The van der Waals surface area contributed by atoms with Crippen LogP contribution in [0.15, 0.2) is 4.42 Å². The second kappa shape index (κ2) is 6.20. The van der Waals surface area contributed by atoms with Crippen LogP contribution >= 0.6 is 0 Å². The minimum Gasteiger partial charge on any atom is -0.423 e. The minimum absolute atomic E-state index is 0.281. The van der Waals surface area contributed by atoms with E-state index in [4.69, 9.17) is 8.97 Å². The Morgan fingerprint density at radius 1 is 1.32 bits per heavy atom. The number of rotatable bonds is 5. The molecule has 0 aromatic carbocycles. The second-order valence-electron chi connectivity index (χ2n) is 6.61. The molecule has 2 N–H and O–H groups in total. The fraction of sp³-hybridized carbons (Fsp3) is 0.769. The molecule has 3 fully saturated rings. The summed E-state index contributed by atoms with van der Waals surface area (Å²) < 4.78 is 40.8. The summed E-state index contributed by atoms with van der Waals surface area (Å²) in [6, 6.07) is -1.48. The van der Waals surface area contributed by atoms with Gasteiger partial charge in [-0.05, 0) is 38.3 Å². The standard InChI is InChI=1S/C13H19N5O6S/c19-13-17-7-9(18(13)24-25(20,21)22)1-2-10(17)12-16-15-11(23-12)5-8-3-4-14-6-8/h8-10,14H,1-7H2,(H,20,21,22)/t8?,9-,10-/m0/s1. The molecule has 1 aromatic rings. The highest BCUT2D eigenvalue weighted by Gasteiger charge is 2.49. The van der Waals surface area contributed by atoms with Gasteiger partial charge >= 0.3 is 16.4 Å². The number of hydrogen-bond acceptors (Lipinski definition) is 8. The topological polar surface area (TPSA) is 138 Å². The van der Waals surface area contributed by atoms with Gasteiger partial charge in [-0.25, -0.2) is 4.79 Å². The van der Waals surface area contributed by atoms with E-state index in [9.17, 15) is 13.2 Å². The van der Waals surface area contributed by atoms with Gasteiger partial charge in [-0.1, -0.05) is 0 Å². The summed E-state index contributed by atoms with van der Waals surface area (Å²) in [5.41, 5.74) is 0. The van der Waals surface area contributed by atoms with Gasteiger partial charge in [-0.15, -0.1) is 14.5 Å². The molecule has 4 heterocycles. The van der Waals surface area contributed by atoms with Crippen molar-refractivity contribution in [3.8, 4) is 0 Å². The van der Waals surface area contributed by atoms with Crippen LogP contribution in [-0.4, -0.2) is 64.8 Å². The van der Waals surface area contributed by atoms with E-state index in [1.165, 1.54) is 4.90 Å². The van der Waals surface area contributed by atoms with Crippen LogP contribution < -0.4 is 5.32 Å². The lowest BCUT2D eigenvalue weighted by atomic mass is 10.0. The predicted molar refractivity (Wildman–Crippen MR) is 81.3 cm³/mol. The van der Waals surface area contributed by atoms with Gasteiger partial charge in [0.05, 0.1) is 6.04 Å². The molecule has 0 saturated carbocycles. The van der Waals surface area contributed by atoms with Crippen molar-refractivity contribution in [2.24, 2.45) is 5.92 Å². The Labute approximate surface area is 144 Å². The Hall–Kier alpha value is -1.76. The van der Waals surface area contributed by atoms with Crippen LogP contribution in [0.2, 0.25) is 0 Å². The lowest BCUT2D eigenvalue weighted by Gasteiger charge is -2.27. The van der Waals surface area contributed by atoms with Gasteiger partial charge < -0.3 is 14.6 Å². The number of nitrogens with one attached hydrogen (secondary N) is 1. The Kier molecular flexibility index (Phi) is 4.14. The fourth-order valence-corrected chi connectivity index (χ4v) is 4.10. The zero-order valence-electron chi connectivity index (χ0n) is 13.4. The van der Waals surface area contributed by atoms with Gasteiger partial charge in [0.2, 0.25) is 11.8 Å². The zero-order valence-corrected chi connectivity index (χ0v) is 14.2. The monoisotopic (exact) mass is 373 g/mol. The van der Waals surface area contributed by atoms with Gasteiger partial charge in [-0.3, -0.25) is 4.55 Å². The lowest BCUT2D eigenvalue weighted by Crippen LogP contribution is -2.35. The van der Waals surface area contributed by atoms with Crippen LogP contribution in [-0.2, 0) is 21.1 Å². The van der Waals surface area contributed by atoms with Crippen molar-refractivity contribution in [1.82, 2.24) is 25.5 Å². The number of hydrogen-bond donors (Lipinski definition) is 2. The minimum atomic E-state index is -4.75. The molecule has 2 amide bonds. The first-order valence-electron chi connectivity index (χ1n) is 8.20. The van der Waals surface area contributed by atoms with Gasteiger partial charge in [0.15, 0.2) is 0 Å².